The number of carbonyl (C=O) groups is 1. The van der Waals surface area contributed by atoms with Gasteiger partial charge >= 0.3 is 5.97 Å². The second-order valence-corrected chi connectivity index (χ2v) is 6.04. The first kappa shape index (κ1) is 19.9. The maximum Gasteiger partial charge on any atom is 0.350 e. The monoisotopic (exact) mass is 408 g/mol. The maximum atomic E-state index is 11.5. The Bertz CT molecular complexity index is 706. The highest BCUT2D eigenvalue weighted by atomic mass is 79.9. The number of aliphatic imine (C=N–C) groups is 1. The third-order valence-electron chi connectivity index (χ3n) is 2.70. The summed E-state index contributed by atoms with van der Waals surface area (Å²) < 4.78 is 5.76. The van der Waals surface area contributed by atoms with Crippen LogP contribution in [0.4, 0.5) is 0 Å². The van der Waals surface area contributed by atoms with Crippen LogP contribution < -0.4 is 5.43 Å². The molecule has 8 heteroatoms. The van der Waals surface area contributed by atoms with Gasteiger partial charge < -0.3 is 4.74 Å². The van der Waals surface area contributed by atoms with Crippen molar-refractivity contribution in [1.82, 2.24) is 5.43 Å². The van der Waals surface area contributed by atoms with E-state index < -0.39 is 5.97 Å². The van der Waals surface area contributed by atoms with Crippen molar-refractivity contribution >= 4 is 44.5 Å². The van der Waals surface area contributed by atoms with Gasteiger partial charge in [0.25, 0.3) is 0 Å². The first-order valence-electron chi connectivity index (χ1n) is 6.97. The normalized spacial score (nSPS) is 12.5. The fraction of sp³-hybridized carbons (Fsp3) is 0.250. The highest BCUT2D eigenvalue weighted by Crippen LogP contribution is 2.11. The molecule has 0 amide bonds. The minimum atomic E-state index is -0.696. The number of hydrogen-bond acceptors (Lipinski definition) is 6. The summed E-state index contributed by atoms with van der Waals surface area (Å²) in [5.41, 5.74) is 4.39. The van der Waals surface area contributed by atoms with Crippen molar-refractivity contribution in [2.45, 2.75) is 13.8 Å². The Kier molecular flexibility index (Phi) is 8.83. The van der Waals surface area contributed by atoms with Crippen LogP contribution in [-0.4, -0.2) is 29.7 Å². The fourth-order valence-electron chi connectivity index (χ4n) is 1.47. The van der Waals surface area contributed by atoms with Gasteiger partial charge in [-0.05, 0) is 37.8 Å². The zero-order valence-electron chi connectivity index (χ0n) is 13.5. The predicted octanol–water partition coefficient (Wildman–Crippen LogP) is 3.45. The molecule has 0 atom stereocenters. The van der Waals surface area contributed by atoms with Crippen LogP contribution >= 0.6 is 27.7 Å². The molecule has 0 aliphatic rings. The zero-order chi connectivity index (χ0) is 17.9. The number of hydrogen-bond donors (Lipinski definition) is 1. The third kappa shape index (κ3) is 6.56. The average molecular weight is 409 g/mol. The van der Waals surface area contributed by atoms with E-state index in [4.69, 9.17) is 10.00 Å². The summed E-state index contributed by atoms with van der Waals surface area (Å²) in [6, 6.07) is 9.50. The van der Waals surface area contributed by atoms with E-state index >= 15 is 0 Å². The van der Waals surface area contributed by atoms with E-state index in [1.165, 1.54) is 18.0 Å². The lowest BCUT2D eigenvalue weighted by Crippen LogP contribution is -2.16. The Balaban J connectivity index is 2.86. The SMILES string of the molecule is CCOC(=O)C(C#N)=CN=C(NN=C(C)c1ccc(Br)cc1)SC. The molecular weight excluding hydrogens is 392 g/mol. The second kappa shape index (κ2) is 10.6. The molecule has 0 aliphatic heterocycles. The van der Waals surface area contributed by atoms with E-state index in [-0.39, 0.29) is 12.2 Å². The molecule has 0 spiro atoms. The highest BCUT2D eigenvalue weighted by Gasteiger charge is 2.09. The number of ether oxygens (including phenoxy) is 1. The third-order valence-corrected chi connectivity index (χ3v) is 3.81. The van der Waals surface area contributed by atoms with E-state index in [2.05, 4.69) is 31.4 Å². The average Bonchev–Trinajstić information content (AvgIpc) is 2.58. The molecule has 1 rings (SSSR count). The van der Waals surface area contributed by atoms with Gasteiger partial charge in [-0.3, -0.25) is 5.43 Å². The van der Waals surface area contributed by atoms with Crippen LogP contribution in [0.15, 0.2) is 50.6 Å². The van der Waals surface area contributed by atoms with Crippen LogP contribution in [0.1, 0.15) is 19.4 Å². The molecule has 24 heavy (non-hydrogen) atoms. The van der Waals surface area contributed by atoms with E-state index in [1.807, 2.05) is 31.2 Å². The van der Waals surface area contributed by atoms with Crippen LogP contribution in [0.25, 0.3) is 0 Å². The van der Waals surface area contributed by atoms with Crippen LogP contribution in [0, 0.1) is 11.3 Å². The van der Waals surface area contributed by atoms with E-state index in [0.717, 1.165) is 15.7 Å². The molecule has 0 bridgehead atoms. The van der Waals surface area contributed by atoms with Gasteiger partial charge in [0.1, 0.15) is 6.07 Å². The summed E-state index contributed by atoms with van der Waals surface area (Å²) >= 11 is 4.69. The first-order chi connectivity index (χ1) is 11.5. The molecule has 126 valence electrons. The van der Waals surface area contributed by atoms with Gasteiger partial charge in [0, 0.05) is 4.47 Å². The Labute approximate surface area is 153 Å². The number of esters is 1. The molecule has 1 aromatic rings. The summed E-state index contributed by atoms with van der Waals surface area (Å²) in [6.45, 7) is 3.74. The largest absolute Gasteiger partial charge is 0.462 e. The lowest BCUT2D eigenvalue weighted by Gasteiger charge is -2.04. The summed E-state index contributed by atoms with van der Waals surface area (Å²) in [5, 5.41) is 13.7. The number of carbonyl (C=O) groups excluding carboxylic acids is 1. The number of halogens is 1. The molecule has 0 aromatic heterocycles. The maximum absolute atomic E-state index is 11.5. The quantitative estimate of drug-likeness (QED) is 0.201. The molecule has 0 unspecified atom stereocenters. The van der Waals surface area contributed by atoms with Crippen molar-refractivity contribution in [3.05, 3.63) is 46.1 Å². The summed E-state index contributed by atoms with van der Waals surface area (Å²) in [5.74, 6) is -0.696. The minimum absolute atomic E-state index is 0.168. The van der Waals surface area contributed by atoms with Crippen molar-refractivity contribution in [3.63, 3.8) is 0 Å². The fourth-order valence-corrected chi connectivity index (χ4v) is 2.03. The number of hydrazone groups is 1. The molecule has 0 saturated heterocycles. The molecular formula is C16H17BrN4O2S. The molecule has 0 aliphatic carbocycles. The van der Waals surface area contributed by atoms with Gasteiger partial charge in [-0.2, -0.15) is 10.4 Å². The minimum Gasteiger partial charge on any atom is -0.462 e. The van der Waals surface area contributed by atoms with Crippen LogP contribution in [0.5, 0.6) is 0 Å². The number of rotatable bonds is 5. The standard InChI is InChI=1S/C16H17BrN4O2S/c1-4-23-15(22)13(9-18)10-19-16(24-3)21-20-11(2)12-5-7-14(17)8-6-12/h5-8,10H,4H2,1-3H3,(H,19,21). The highest BCUT2D eigenvalue weighted by molar-refractivity contribution is 9.10. The van der Waals surface area contributed by atoms with E-state index in [9.17, 15) is 4.79 Å². The lowest BCUT2D eigenvalue weighted by molar-refractivity contribution is -0.138. The number of amidine groups is 1. The number of thioether (sulfide) groups is 1. The summed E-state index contributed by atoms with van der Waals surface area (Å²) in [4.78, 5) is 15.6. The Morgan fingerprint density at radius 3 is 2.67 bits per heavy atom. The smallest absolute Gasteiger partial charge is 0.350 e. The van der Waals surface area contributed by atoms with E-state index in [0.29, 0.717) is 5.17 Å². The summed E-state index contributed by atoms with van der Waals surface area (Å²) in [7, 11) is 0. The van der Waals surface area contributed by atoms with Gasteiger partial charge in [0.15, 0.2) is 10.7 Å². The predicted molar refractivity (Wildman–Crippen MR) is 101 cm³/mol. The number of benzene rings is 1. The van der Waals surface area contributed by atoms with Crippen LogP contribution in [0.2, 0.25) is 0 Å². The lowest BCUT2D eigenvalue weighted by atomic mass is 10.1. The molecule has 0 radical (unpaired) electrons. The molecule has 0 fully saturated rings. The van der Waals surface area contributed by atoms with Crippen molar-refractivity contribution in [2.75, 3.05) is 12.9 Å². The van der Waals surface area contributed by atoms with Crippen molar-refractivity contribution < 1.29 is 9.53 Å². The molecule has 0 heterocycles. The van der Waals surface area contributed by atoms with Gasteiger partial charge in [0.05, 0.1) is 18.5 Å². The van der Waals surface area contributed by atoms with Gasteiger partial charge in [-0.25, -0.2) is 9.79 Å². The van der Waals surface area contributed by atoms with Crippen molar-refractivity contribution in [3.8, 4) is 6.07 Å². The Hall–Kier alpha value is -2.11. The molecule has 1 N–H and O–H groups in total. The van der Waals surface area contributed by atoms with Crippen molar-refractivity contribution in [1.29, 1.82) is 5.26 Å². The van der Waals surface area contributed by atoms with Gasteiger partial charge in [0.2, 0.25) is 0 Å². The van der Waals surface area contributed by atoms with Crippen molar-refractivity contribution in [2.24, 2.45) is 10.1 Å². The van der Waals surface area contributed by atoms with Crippen LogP contribution in [0.3, 0.4) is 0 Å². The summed E-state index contributed by atoms with van der Waals surface area (Å²) in [6.07, 6.45) is 2.97. The molecule has 1 aromatic carbocycles. The van der Waals surface area contributed by atoms with Gasteiger partial charge in [-0.15, -0.1) is 0 Å². The van der Waals surface area contributed by atoms with Gasteiger partial charge in [-0.1, -0.05) is 39.8 Å². The Morgan fingerprint density at radius 1 is 1.46 bits per heavy atom. The van der Waals surface area contributed by atoms with Crippen LogP contribution in [-0.2, 0) is 9.53 Å². The second-order valence-electron chi connectivity index (χ2n) is 4.33. The molecule has 6 nitrogen and oxygen atoms in total. The zero-order valence-corrected chi connectivity index (χ0v) is 15.9. The first-order valence-corrected chi connectivity index (χ1v) is 8.99. The number of nitrogens with zero attached hydrogens (tertiary/aromatic N) is 3. The Morgan fingerprint density at radius 2 is 2.12 bits per heavy atom. The molecule has 0 saturated carbocycles. The van der Waals surface area contributed by atoms with E-state index in [1.54, 1.807) is 19.2 Å². The topological polar surface area (TPSA) is 86.8 Å². The number of nitrogens with one attached hydrogen (secondary N) is 1. The number of nitriles is 1.